The summed E-state index contributed by atoms with van der Waals surface area (Å²) >= 11 is 0. The predicted molar refractivity (Wildman–Crippen MR) is 122 cm³/mol. The van der Waals surface area contributed by atoms with E-state index in [0.29, 0.717) is 35.0 Å². The number of rotatable bonds is 5. The number of carbonyl (C=O) groups is 2. The number of esters is 1. The van der Waals surface area contributed by atoms with E-state index < -0.39 is 0 Å². The Kier molecular flexibility index (Phi) is 5.26. The SMILES string of the molecule is C=C(C)COc1ccccc1C1CC(=O)Oc2ccc3c(c21)OC(=Cc1cccnc1)C3=O. The van der Waals surface area contributed by atoms with E-state index in [4.69, 9.17) is 14.2 Å². The van der Waals surface area contributed by atoms with Gasteiger partial charge in [-0.25, -0.2) is 0 Å². The Labute approximate surface area is 191 Å². The molecule has 2 aromatic carbocycles. The van der Waals surface area contributed by atoms with Gasteiger partial charge in [-0.05, 0) is 48.4 Å². The Hall–Kier alpha value is -4.19. The highest BCUT2D eigenvalue weighted by atomic mass is 16.5. The first-order chi connectivity index (χ1) is 16.0. The molecule has 0 saturated carbocycles. The number of pyridine rings is 1. The van der Waals surface area contributed by atoms with Gasteiger partial charge in [-0.15, -0.1) is 0 Å². The standard InChI is InChI=1S/C27H21NO5/c1-16(2)15-31-21-8-4-3-7-18(21)20-13-24(29)32-22-10-9-19-26(30)23(33-27(19)25(20)22)12-17-6-5-11-28-14-17/h3-12,14,20H,1,13,15H2,2H3. The van der Waals surface area contributed by atoms with Crippen LogP contribution >= 0.6 is 0 Å². The fraction of sp³-hybridized carbons (Fsp3) is 0.148. The third-order valence-corrected chi connectivity index (χ3v) is 5.53. The molecule has 5 rings (SSSR count). The van der Waals surface area contributed by atoms with Gasteiger partial charge in [0.2, 0.25) is 5.78 Å². The number of ether oxygens (including phenoxy) is 3. The summed E-state index contributed by atoms with van der Waals surface area (Å²) in [5.74, 6) is 0.702. The van der Waals surface area contributed by atoms with Crippen molar-refractivity contribution in [2.75, 3.05) is 6.61 Å². The van der Waals surface area contributed by atoms with Gasteiger partial charge in [-0.3, -0.25) is 14.6 Å². The molecule has 6 nitrogen and oxygen atoms in total. The molecule has 164 valence electrons. The number of allylic oxidation sites excluding steroid dienone is 1. The van der Waals surface area contributed by atoms with E-state index in [1.807, 2.05) is 37.3 Å². The lowest BCUT2D eigenvalue weighted by molar-refractivity contribution is -0.135. The highest BCUT2D eigenvalue weighted by Crippen LogP contribution is 2.50. The van der Waals surface area contributed by atoms with Crippen LogP contribution in [0.15, 0.2) is 78.8 Å². The van der Waals surface area contributed by atoms with Crippen molar-refractivity contribution in [2.45, 2.75) is 19.3 Å². The monoisotopic (exact) mass is 439 g/mol. The van der Waals surface area contributed by atoms with Crippen LogP contribution in [0.4, 0.5) is 0 Å². The molecule has 6 heteroatoms. The quantitative estimate of drug-likeness (QED) is 0.239. The molecule has 0 aliphatic carbocycles. The van der Waals surface area contributed by atoms with Crippen LogP contribution < -0.4 is 14.2 Å². The maximum Gasteiger partial charge on any atom is 0.312 e. The smallest absolute Gasteiger partial charge is 0.312 e. The molecule has 1 unspecified atom stereocenters. The molecule has 0 spiro atoms. The first-order valence-corrected chi connectivity index (χ1v) is 10.6. The van der Waals surface area contributed by atoms with Gasteiger partial charge in [-0.2, -0.15) is 0 Å². The number of aromatic nitrogens is 1. The molecule has 3 heterocycles. The van der Waals surface area contributed by atoms with Crippen molar-refractivity contribution >= 4 is 17.8 Å². The van der Waals surface area contributed by atoms with Gasteiger partial charge in [0.1, 0.15) is 23.9 Å². The van der Waals surface area contributed by atoms with Gasteiger partial charge in [0.05, 0.1) is 12.0 Å². The molecule has 2 aliphatic heterocycles. The lowest BCUT2D eigenvalue weighted by Crippen LogP contribution is -2.22. The molecule has 0 radical (unpaired) electrons. The van der Waals surface area contributed by atoms with Gasteiger partial charge in [0.25, 0.3) is 0 Å². The molecule has 2 aliphatic rings. The van der Waals surface area contributed by atoms with Crippen LogP contribution in [0.1, 0.15) is 46.3 Å². The predicted octanol–water partition coefficient (Wildman–Crippen LogP) is 5.09. The van der Waals surface area contributed by atoms with Gasteiger partial charge in [-0.1, -0.05) is 30.8 Å². The summed E-state index contributed by atoms with van der Waals surface area (Å²) in [4.78, 5) is 29.6. The first-order valence-electron chi connectivity index (χ1n) is 10.6. The third-order valence-electron chi connectivity index (χ3n) is 5.53. The molecule has 3 aromatic rings. The van der Waals surface area contributed by atoms with Crippen molar-refractivity contribution in [2.24, 2.45) is 0 Å². The number of hydrogen-bond donors (Lipinski definition) is 0. The molecule has 33 heavy (non-hydrogen) atoms. The van der Waals surface area contributed by atoms with E-state index in [1.54, 1.807) is 36.7 Å². The molecule has 0 bridgehead atoms. The highest BCUT2D eigenvalue weighted by Gasteiger charge is 2.39. The summed E-state index contributed by atoms with van der Waals surface area (Å²) in [7, 11) is 0. The van der Waals surface area contributed by atoms with Crippen molar-refractivity contribution in [3.05, 3.63) is 101 Å². The molecule has 1 aromatic heterocycles. The van der Waals surface area contributed by atoms with Crippen LogP contribution in [-0.2, 0) is 4.79 Å². The normalized spacial score (nSPS) is 17.7. The molecular formula is C27H21NO5. The minimum absolute atomic E-state index is 0.107. The second kappa shape index (κ2) is 8.39. The summed E-state index contributed by atoms with van der Waals surface area (Å²) in [6.45, 7) is 6.14. The number of ketones is 1. The first kappa shape index (κ1) is 20.7. The Bertz CT molecular complexity index is 1310. The second-order valence-corrected chi connectivity index (χ2v) is 8.09. The molecule has 0 fully saturated rings. The summed E-state index contributed by atoms with van der Waals surface area (Å²) < 4.78 is 17.6. The molecule has 0 saturated heterocycles. The topological polar surface area (TPSA) is 74.7 Å². The number of Topliss-reactive ketones (excluding diaryl/α,β-unsaturated/α-hetero) is 1. The van der Waals surface area contributed by atoms with E-state index in [0.717, 1.165) is 16.7 Å². The van der Waals surface area contributed by atoms with Crippen LogP contribution in [0.25, 0.3) is 6.08 Å². The van der Waals surface area contributed by atoms with E-state index in [-0.39, 0.29) is 29.9 Å². The Morgan fingerprint density at radius 3 is 2.79 bits per heavy atom. The fourth-order valence-corrected chi connectivity index (χ4v) is 4.09. The van der Waals surface area contributed by atoms with Crippen LogP contribution in [0.2, 0.25) is 0 Å². The van der Waals surface area contributed by atoms with Gasteiger partial charge < -0.3 is 14.2 Å². The van der Waals surface area contributed by atoms with Crippen molar-refractivity contribution in [3.8, 4) is 17.2 Å². The summed E-state index contributed by atoms with van der Waals surface area (Å²) in [6, 6.07) is 14.5. The van der Waals surface area contributed by atoms with E-state index in [9.17, 15) is 9.59 Å². The average Bonchev–Trinajstić information content (AvgIpc) is 3.13. The van der Waals surface area contributed by atoms with Crippen LogP contribution in [0.3, 0.4) is 0 Å². The number of hydrogen-bond acceptors (Lipinski definition) is 6. The van der Waals surface area contributed by atoms with Crippen LogP contribution in [0, 0.1) is 0 Å². The van der Waals surface area contributed by atoms with Gasteiger partial charge in [0.15, 0.2) is 5.76 Å². The Morgan fingerprint density at radius 2 is 2.00 bits per heavy atom. The largest absolute Gasteiger partial charge is 0.489 e. The summed E-state index contributed by atoms with van der Waals surface area (Å²) in [5, 5.41) is 0. The highest BCUT2D eigenvalue weighted by molar-refractivity contribution is 6.15. The van der Waals surface area contributed by atoms with E-state index in [1.165, 1.54) is 0 Å². The minimum Gasteiger partial charge on any atom is -0.489 e. The number of fused-ring (bicyclic) bond motifs is 3. The van der Waals surface area contributed by atoms with Gasteiger partial charge in [0, 0.05) is 29.4 Å². The minimum atomic E-state index is -0.386. The fourth-order valence-electron chi connectivity index (χ4n) is 4.09. The Morgan fingerprint density at radius 1 is 1.15 bits per heavy atom. The Balaban J connectivity index is 1.60. The van der Waals surface area contributed by atoms with Crippen molar-refractivity contribution < 1.29 is 23.8 Å². The second-order valence-electron chi connectivity index (χ2n) is 8.09. The van der Waals surface area contributed by atoms with E-state index >= 15 is 0 Å². The van der Waals surface area contributed by atoms with Gasteiger partial charge >= 0.3 is 5.97 Å². The maximum absolute atomic E-state index is 13.1. The summed E-state index contributed by atoms with van der Waals surface area (Å²) in [5.41, 5.74) is 3.57. The molecular weight excluding hydrogens is 418 g/mol. The number of carbonyl (C=O) groups excluding carboxylic acids is 2. The number of para-hydroxylation sites is 1. The zero-order valence-electron chi connectivity index (χ0n) is 18.0. The van der Waals surface area contributed by atoms with E-state index in [2.05, 4.69) is 11.6 Å². The zero-order valence-corrected chi connectivity index (χ0v) is 18.0. The average molecular weight is 439 g/mol. The van der Waals surface area contributed by atoms with Crippen LogP contribution in [-0.4, -0.2) is 23.3 Å². The molecule has 0 amide bonds. The van der Waals surface area contributed by atoms with Crippen molar-refractivity contribution in [3.63, 3.8) is 0 Å². The van der Waals surface area contributed by atoms with Crippen LogP contribution in [0.5, 0.6) is 17.2 Å². The zero-order chi connectivity index (χ0) is 22.9. The maximum atomic E-state index is 13.1. The van der Waals surface area contributed by atoms with Crippen molar-refractivity contribution in [1.29, 1.82) is 0 Å². The summed E-state index contributed by atoms with van der Waals surface area (Å²) in [6.07, 6.45) is 5.09. The number of benzene rings is 2. The lowest BCUT2D eigenvalue weighted by Gasteiger charge is -2.27. The molecule has 0 N–H and O–H groups in total. The third kappa shape index (κ3) is 3.91. The number of nitrogens with zero attached hydrogens (tertiary/aromatic N) is 1. The lowest BCUT2D eigenvalue weighted by atomic mass is 9.84. The molecule has 1 atom stereocenters. The van der Waals surface area contributed by atoms with Crippen molar-refractivity contribution in [1.82, 2.24) is 4.98 Å².